The van der Waals surface area contributed by atoms with E-state index in [0.29, 0.717) is 32.7 Å². The molecular weight excluding hydrogens is 468 g/mol. The van der Waals surface area contributed by atoms with Crippen LogP contribution in [0.2, 0.25) is 0 Å². The quantitative estimate of drug-likeness (QED) is 0.264. The molecule has 2 aliphatic heterocycles. The molecule has 35 heavy (non-hydrogen) atoms. The van der Waals surface area contributed by atoms with E-state index in [1.165, 1.54) is 11.8 Å². The highest BCUT2D eigenvalue weighted by molar-refractivity contribution is 8.04. The number of rotatable bonds is 11. The van der Waals surface area contributed by atoms with Crippen LogP contribution in [0.3, 0.4) is 0 Å². The first-order chi connectivity index (χ1) is 16.7. The van der Waals surface area contributed by atoms with Crippen LogP contribution < -0.4 is 27.0 Å². The van der Waals surface area contributed by atoms with Crippen molar-refractivity contribution in [2.45, 2.75) is 51.1 Å². The number of hydrogen-bond donors (Lipinski definition) is 4. The van der Waals surface area contributed by atoms with E-state index in [4.69, 9.17) is 21.2 Å². The van der Waals surface area contributed by atoms with Gasteiger partial charge in [-0.25, -0.2) is 5.90 Å². The Labute approximate surface area is 210 Å². The zero-order chi connectivity index (χ0) is 25.6. The van der Waals surface area contributed by atoms with Crippen LogP contribution in [-0.2, 0) is 9.63 Å². The van der Waals surface area contributed by atoms with Crippen LogP contribution in [0.4, 0.5) is 0 Å². The Balaban J connectivity index is 1.84. The van der Waals surface area contributed by atoms with Gasteiger partial charge in [0.1, 0.15) is 11.4 Å². The third kappa shape index (κ3) is 6.54. The summed E-state index contributed by atoms with van der Waals surface area (Å²) in [4.78, 5) is 31.6. The van der Waals surface area contributed by atoms with E-state index in [-0.39, 0.29) is 18.5 Å². The van der Waals surface area contributed by atoms with Crippen molar-refractivity contribution < 1.29 is 14.4 Å². The maximum absolute atomic E-state index is 13.3. The van der Waals surface area contributed by atoms with Crippen LogP contribution >= 0.6 is 11.8 Å². The summed E-state index contributed by atoms with van der Waals surface area (Å²) in [5, 5.41) is 9.12. The first-order valence-electron chi connectivity index (χ1n) is 11.7. The number of fused-ring (bicyclic) bond motifs is 2. The Bertz CT molecular complexity index is 994. The van der Waals surface area contributed by atoms with Crippen molar-refractivity contribution in [1.82, 2.24) is 15.5 Å². The Morgan fingerprint density at radius 3 is 2.89 bits per heavy atom. The fourth-order valence-corrected chi connectivity index (χ4v) is 5.10. The molecule has 1 unspecified atom stereocenters. The van der Waals surface area contributed by atoms with Crippen molar-refractivity contribution in [3.63, 3.8) is 0 Å². The Morgan fingerprint density at radius 2 is 2.23 bits per heavy atom. The van der Waals surface area contributed by atoms with Gasteiger partial charge in [-0.15, -0.1) is 0 Å². The second kappa shape index (κ2) is 11.9. The highest BCUT2D eigenvalue weighted by Gasteiger charge is 2.36. The Hall–Kier alpha value is -2.60. The average Bonchev–Trinajstić information content (AvgIpc) is 3.18. The van der Waals surface area contributed by atoms with Gasteiger partial charge >= 0.3 is 0 Å². The average molecular weight is 505 g/mol. The molecule has 0 spiro atoms. The van der Waals surface area contributed by atoms with Gasteiger partial charge in [0.05, 0.1) is 18.8 Å². The third-order valence-electron chi connectivity index (χ3n) is 5.93. The fraction of sp³-hybridized carbons (Fsp3) is 0.542. The number of nitrogens with zero attached hydrogens (tertiary/aromatic N) is 2. The summed E-state index contributed by atoms with van der Waals surface area (Å²) in [7, 11) is 0. The number of nitrogens with two attached hydrogens (primary N) is 2. The number of nitroso groups, excluding NO2 is 1. The van der Waals surface area contributed by atoms with Gasteiger partial charge in [-0.05, 0) is 51.0 Å². The summed E-state index contributed by atoms with van der Waals surface area (Å²) in [6.45, 7) is 9.41. The van der Waals surface area contributed by atoms with Gasteiger partial charge in [-0.3, -0.25) is 9.63 Å². The molecule has 2 heterocycles. The minimum Gasteiger partial charge on any atom is -0.493 e. The number of amides is 1. The summed E-state index contributed by atoms with van der Waals surface area (Å²) in [5.74, 6) is 6.04. The zero-order valence-electron chi connectivity index (χ0n) is 20.8. The van der Waals surface area contributed by atoms with Crippen molar-refractivity contribution >= 4 is 28.9 Å². The summed E-state index contributed by atoms with van der Waals surface area (Å²) < 4.78 is 5.99. The zero-order valence-corrected chi connectivity index (χ0v) is 21.6. The number of ether oxygens (including phenoxy) is 1. The van der Waals surface area contributed by atoms with Gasteiger partial charge in [0.25, 0.3) is 5.91 Å². The van der Waals surface area contributed by atoms with Crippen LogP contribution in [0.1, 0.15) is 45.2 Å². The lowest BCUT2D eigenvalue weighted by Gasteiger charge is -2.28. The molecule has 0 saturated heterocycles. The summed E-state index contributed by atoms with van der Waals surface area (Å²) in [6, 6.07) is 5.92. The molecule has 1 amide bonds. The fourth-order valence-electron chi connectivity index (χ4n) is 3.91. The van der Waals surface area contributed by atoms with E-state index < -0.39 is 11.0 Å². The number of carbonyl (C=O) groups excluding carboxylic acids is 1. The first kappa shape index (κ1) is 27.0. The number of benzene rings is 1. The van der Waals surface area contributed by atoms with E-state index in [1.54, 1.807) is 4.90 Å². The van der Waals surface area contributed by atoms with Crippen LogP contribution in [0.5, 0.6) is 5.75 Å². The molecule has 1 aromatic carbocycles. The smallest absolute Gasteiger partial charge is 0.256 e. The summed E-state index contributed by atoms with van der Waals surface area (Å²) in [5.41, 5.74) is 9.20. The van der Waals surface area contributed by atoms with Gasteiger partial charge in [-0.2, -0.15) is 4.91 Å². The van der Waals surface area contributed by atoms with Crippen LogP contribution in [-0.4, -0.2) is 60.6 Å². The lowest BCUT2D eigenvalue weighted by molar-refractivity contribution is -0.132. The topological polar surface area (TPSA) is 144 Å². The van der Waals surface area contributed by atoms with Crippen LogP contribution in [0, 0.1) is 4.91 Å². The molecule has 0 bridgehead atoms. The second-order valence-corrected chi connectivity index (χ2v) is 10.6. The monoisotopic (exact) mass is 504 g/mol. The number of nitrogens with one attached hydrogen (secondary N) is 2. The minimum absolute atomic E-state index is 0.0336. The predicted molar refractivity (Wildman–Crippen MR) is 140 cm³/mol. The highest BCUT2D eigenvalue weighted by Crippen LogP contribution is 2.43. The van der Waals surface area contributed by atoms with Gasteiger partial charge < -0.3 is 26.0 Å². The molecule has 1 aromatic rings. The van der Waals surface area contributed by atoms with E-state index in [1.807, 2.05) is 52.1 Å². The van der Waals surface area contributed by atoms with Crippen molar-refractivity contribution in [1.29, 1.82) is 0 Å². The molecular formula is C24H36N6O4S. The first-order valence-corrected chi connectivity index (χ1v) is 12.6. The van der Waals surface area contributed by atoms with Crippen LogP contribution in [0.15, 0.2) is 34.5 Å². The van der Waals surface area contributed by atoms with Gasteiger partial charge in [0, 0.05) is 48.8 Å². The molecule has 1 atom stereocenters. The lowest BCUT2D eigenvalue weighted by Crippen LogP contribution is -2.46. The minimum atomic E-state index is -0.518. The van der Waals surface area contributed by atoms with Gasteiger partial charge in [0.2, 0.25) is 0 Å². The molecule has 0 saturated carbocycles. The maximum atomic E-state index is 13.3. The predicted octanol–water partition coefficient (Wildman–Crippen LogP) is 2.36. The van der Waals surface area contributed by atoms with E-state index in [2.05, 4.69) is 15.8 Å². The molecule has 0 aliphatic carbocycles. The maximum Gasteiger partial charge on any atom is 0.256 e. The molecule has 0 radical (unpaired) electrons. The standard InChI is InChI=1S/C24H36N6O4S/c1-15(2)30(9-8-28-32)23(31)22-29-21-18-11-16(5-6-19(18)33-10-7-20(21)35-22)17(12-25)13-27-14-24(3,4)34-26/h5-6,11,13,15,22,27,29H,7-10,12,14,25-26H2,1-4H3/b17-13+. The van der Waals surface area contributed by atoms with Gasteiger partial charge in [0.15, 0.2) is 5.37 Å². The SMILES string of the molecule is CC(C)N(CCN=O)C(=O)C1NC2=C(CCOc3ccc(/C(=C/NCC(C)(C)ON)CN)cc32)S1. The highest BCUT2D eigenvalue weighted by atomic mass is 32.2. The lowest BCUT2D eigenvalue weighted by atomic mass is 10.0. The van der Waals surface area contributed by atoms with E-state index in [0.717, 1.165) is 33.1 Å². The second-order valence-electron chi connectivity index (χ2n) is 9.36. The van der Waals surface area contributed by atoms with Gasteiger partial charge in [-0.1, -0.05) is 23.0 Å². The molecule has 2 aliphatic rings. The largest absolute Gasteiger partial charge is 0.493 e. The Morgan fingerprint density at radius 1 is 1.46 bits per heavy atom. The molecule has 11 heteroatoms. The van der Waals surface area contributed by atoms with Crippen LogP contribution in [0.25, 0.3) is 11.3 Å². The van der Waals surface area contributed by atoms with Crippen molar-refractivity contribution in [3.05, 3.63) is 45.3 Å². The van der Waals surface area contributed by atoms with Crippen molar-refractivity contribution in [3.8, 4) is 5.75 Å². The molecule has 3 rings (SSSR count). The Kier molecular flexibility index (Phi) is 9.17. The van der Waals surface area contributed by atoms with E-state index in [9.17, 15) is 9.70 Å². The third-order valence-corrected chi connectivity index (χ3v) is 7.17. The molecule has 6 N–H and O–H groups in total. The number of thioether (sulfide) groups is 1. The molecule has 0 fully saturated rings. The normalized spacial score (nSPS) is 17.8. The molecule has 0 aromatic heterocycles. The van der Waals surface area contributed by atoms with Crippen molar-refractivity contribution in [2.24, 2.45) is 16.8 Å². The molecule has 10 nitrogen and oxygen atoms in total. The number of carbonyl (C=O) groups is 1. The summed E-state index contributed by atoms with van der Waals surface area (Å²) >= 11 is 1.51. The van der Waals surface area contributed by atoms with Crippen molar-refractivity contribution in [2.75, 3.05) is 32.8 Å². The van der Waals surface area contributed by atoms with E-state index >= 15 is 0 Å². The number of hydrogen-bond acceptors (Lipinski definition) is 10. The summed E-state index contributed by atoms with van der Waals surface area (Å²) in [6.07, 6.45) is 2.58. The molecule has 192 valence electrons.